The van der Waals surface area contributed by atoms with Crippen molar-refractivity contribution >= 4 is 17.7 Å². The van der Waals surface area contributed by atoms with Crippen LogP contribution in [0.25, 0.3) is 0 Å². The summed E-state index contributed by atoms with van der Waals surface area (Å²) in [7, 11) is 0. The number of H-pyrrole nitrogens is 1. The highest BCUT2D eigenvalue weighted by atomic mass is 32.2. The molecule has 1 unspecified atom stereocenters. The van der Waals surface area contributed by atoms with Crippen LogP contribution in [0.2, 0.25) is 0 Å². The number of nitrogens with zero attached hydrogens (tertiary/aromatic N) is 3. The van der Waals surface area contributed by atoms with Gasteiger partial charge < -0.3 is 5.32 Å². The lowest BCUT2D eigenvalue weighted by molar-refractivity contribution is -0.120. The molecule has 0 fully saturated rings. The van der Waals surface area contributed by atoms with Crippen LogP contribution < -0.4 is 5.32 Å². The minimum Gasteiger partial charge on any atom is -0.355 e. The first-order valence-electron chi connectivity index (χ1n) is 8.14. The molecule has 130 valence electrons. The molecule has 24 heavy (non-hydrogen) atoms. The Morgan fingerprint density at radius 2 is 1.92 bits per heavy atom. The summed E-state index contributed by atoms with van der Waals surface area (Å²) in [6, 6.07) is 1.93. The molecule has 0 aromatic carbocycles. The third-order valence-electron chi connectivity index (χ3n) is 3.80. The molecule has 0 aliphatic rings. The van der Waals surface area contributed by atoms with Gasteiger partial charge in [-0.1, -0.05) is 11.8 Å². The third-order valence-corrected chi connectivity index (χ3v) is 4.76. The molecule has 2 N–H and O–H groups in total. The normalized spacial score (nSPS) is 12.2. The molecule has 2 heterocycles. The number of hydrogen-bond donors (Lipinski definition) is 2. The fraction of sp³-hybridized carbons (Fsp3) is 0.529. The van der Waals surface area contributed by atoms with Crippen molar-refractivity contribution in [3.63, 3.8) is 0 Å². The van der Waals surface area contributed by atoms with Crippen LogP contribution in [0.1, 0.15) is 41.7 Å². The van der Waals surface area contributed by atoms with Crippen LogP contribution in [-0.4, -0.2) is 37.9 Å². The number of thioether (sulfide) groups is 1. The van der Waals surface area contributed by atoms with Crippen LogP contribution in [0, 0.1) is 27.7 Å². The van der Waals surface area contributed by atoms with Gasteiger partial charge in [-0.3, -0.25) is 9.89 Å². The maximum absolute atomic E-state index is 12.2. The standard InChI is InChI=1S/C17H25N5OS/c1-10-9-11(2)20-17(19-10)24-14(5)16(23)18-8-6-7-15-12(3)21-22-13(15)4/h9,14H,6-8H2,1-5H3,(H,18,23)(H,21,22). The van der Waals surface area contributed by atoms with E-state index in [2.05, 4.69) is 25.5 Å². The van der Waals surface area contributed by atoms with Crippen molar-refractivity contribution in [3.05, 3.63) is 34.4 Å². The predicted octanol–water partition coefficient (Wildman–Crippen LogP) is 2.66. The SMILES string of the molecule is Cc1cc(C)nc(SC(C)C(=O)NCCCc2c(C)n[nH]c2C)n1. The van der Waals surface area contributed by atoms with Gasteiger partial charge in [0.15, 0.2) is 5.16 Å². The van der Waals surface area contributed by atoms with Crippen molar-refractivity contribution in [2.45, 2.75) is 57.9 Å². The second kappa shape index (κ2) is 8.28. The Balaban J connectivity index is 1.77. The lowest BCUT2D eigenvalue weighted by atomic mass is 10.1. The molecule has 0 spiro atoms. The molecule has 1 atom stereocenters. The number of aromatic nitrogens is 4. The predicted molar refractivity (Wildman–Crippen MR) is 96.2 cm³/mol. The van der Waals surface area contributed by atoms with Gasteiger partial charge in [-0.05, 0) is 59.1 Å². The van der Waals surface area contributed by atoms with Gasteiger partial charge in [0.1, 0.15) is 0 Å². The number of rotatable bonds is 7. The monoisotopic (exact) mass is 347 g/mol. The number of carbonyl (C=O) groups is 1. The molecule has 0 radical (unpaired) electrons. The van der Waals surface area contributed by atoms with E-state index >= 15 is 0 Å². The number of amides is 1. The molecular formula is C17H25N5OS. The topological polar surface area (TPSA) is 83.6 Å². The number of aryl methyl sites for hydroxylation is 4. The van der Waals surface area contributed by atoms with Crippen LogP contribution in [0.15, 0.2) is 11.2 Å². The highest BCUT2D eigenvalue weighted by molar-refractivity contribution is 8.00. The Kier molecular flexibility index (Phi) is 6.36. The maximum Gasteiger partial charge on any atom is 0.233 e. The fourth-order valence-corrected chi connectivity index (χ4v) is 3.42. The van der Waals surface area contributed by atoms with Crippen LogP contribution in [-0.2, 0) is 11.2 Å². The van der Waals surface area contributed by atoms with E-state index in [1.807, 2.05) is 40.7 Å². The average Bonchev–Trinajstić information content (AvgIpc) is 2.81. The summed E-state index contributed by atoms with van der Waals surface area (Å²) in [5, 5.41) is 10.6. The van der Waals surface area contributed by atoms with Gasteiger partial charge in [-0.2, -0.15) is 5.10 Å². The Bertz CT molecular complexity index is 673. The van der Waals surface area contributed by atoms with Crippen molar-refractivity contribution in [2.24, 2.45) is 0 Å². The molecular weight excluding hydrogens is 322 g/mol. The summed E-state index contributed by atoms with van der Waals surface area (Å²) in [5.74, 6) is 0.0170. The van der Waals surface area contributed by atoms with Crippen molar-refractivity contribution in [3.8, 4) is 0 Å². The molecule has 0 saturated heterocycles. The smallest absolute Gasteiger partial charge is 0.233 e. The van der Waals surface area contributed by atoms with Gasteiger partial charge in [-0.25, -0.2) is 9.97 Å². The second-order valence-corrected chi connectivity index (χ2v) is 7.31. The van der Waals surface area contributed by atoms with E-state index in [0.29, 0.717) is 11.7 Å². The van der Waals surface area contributed by atoms with E-state index in [-0.39, 0.29) is 11.2 Å². The van der Waals surface area contributed by atoms with Crippen LogP contribution >= 0.6 is 11.8 Å². The second-order valence-electron chi connectivity index (χ2n) is 6.00. The minimum absolute atomic E-state index is 0.0170. The molecule has 7 heteroatoms. The van der Waals surface area contributed by atoms with E-state index in [1.165, 1.54) is 17.3 Å². The molecule has 0 aliphatic heterocycles. The van der Waals surface area contributed by atoms with Gasteiger partial charge in [0.2, 0.25) is 5.91 Å². The summed E-state index contributed by atoms with van der Waals surface area (Å²) >= 11 is 1.39. The van der Waals surface area contributed by atoms with E-state index in [4.69, 9.17) is 0 Å². The zero-order chi connectivity index (χ0) is 17.7. The minimum atomic E-state index is -0.219. The molecule has 2 aromatic heterocycles. The number of aromatic amines is 1. The van der Waals surface area contributed by atoms with Crippen LogP contribution in [0.5, 0.6) is 0 Å². The average molecular weight is 347 g/mol. The number of hydrogen-bond acceptors (Lipinski definition) is 5. The molecule has 0 bridgehead atoms. The highest BCUT2D eigenvalue weighted by Crippen LogP contribution is 2.20. The van der Waals surface area contributed by atoms with Crippen molar-refractivity contribution in [1.82, 2.24) is 25.5 Å². The first kappa shape index (κ1) is 18.4. The summed E-state index contributed by atoms with van der Waals surface area (Å²) in [6.07, 6.45) is 1.81. The van der Waals surface area contributed by atoms with Crippen LogP contribution in [0.3, 0.4) is 0 Å². The largest absolute Gasteiger partial charge is 0.355 e. The fourth-order valence-electron chi connectivity index (χ4n) is 2.52. The van der Waals surface area contributed by atoms with Crippen molar-refractivity contribution < 1.29 is 4.79 Å². The van der Waals surface area contributed by atoms with E-state index in [9.17, 15) is 4.79 Å². The van der Waals surface area contributed by atoms with Gasteiger partial charge in [0, 0.05) is 23.6 Å². The first-order chi connectivity index (χ1) is 11.4. The van der Waals surface area contributed by atoms with E-state index in [0.717, 1.165) is 35.6 Å². The van der Waals surface area contributed by atoms with Crippen LogP contribution in [0.4, 0.5) is 0 Å². The summed E-state index contributed by atoms with van der Waals surface area (Å²) in [4.78, 5) is 20.9. The molecule has 6 nitrogen and oxygen atoms in total. The molecule has 2 aromatic rings. The Labute approximate surface area is 147 Å². The van der Waals surface area contributed by atoms with Crippen molar-refractivity contribution in [1.29, 1.82) is 0 Å². The van der Waals surface area contributed by atoms with Gasteiger partial charge in [-0.15, -0.1) is 0 Å². The van der Waals surface area contributed by atoms with Gasteiger partial charge in [0.25, 0.3) is 0 Å². The Morgan fingerprint density at radius 1 is 1.25 bits per heavy atom. The summed E-state index contributed by atoms with van der Waals surface area (Å²) in [6.45, 7) is 10.4. The Hall–Kier alpha value is -1.89. The third kappa shape index (κ3) is 5.06. The molecule has 0 aliphatic carbocycles. The molecule has 1 amide bonds. The van der Waals surface area contributed by atoms with E-state index < -0.39 is 0 Å². The van der Waals surface area contributed by atoms with Gasteiger partial charge in [0.05, 0.1) is 10.9 Å². The zero-order valence-electron chi connectivity index (χ0n) is 14.9. The first-order valence-corrected chi connectivity index (χ1v) is 9.02. The summed E-state index contributed by atoms with van der Waals surface area (Å²) in [5.41, 5.74) is 5.23. The molecule has 0 saturated carbocycles. The number of carbonyl (C=O) groups excluding carboxylic acids is 1. The Morgan fingerprint density at radius 3 is 2.50 bits per heavy atom. The zero-order valence-corrected chi connectivity index (χ0v) is 15.8. The summed E-state index contributed by atoms with van der Waals surface area (Å²) < 4.78 is 0. The van der Waals surface area contributed by atoms with Crippen molar-refractivity contribution in [2.75, 3.05) is 6.54 Å². The lowest BCUT2D eigenvalue weighted by Gasteiger charge is -2.11. The van der Waals surface area contributed by atoms with E-state index in [1.54, 1.807) is 0 Å². The quantitative estimate of drug-likeness (QED) is 0.457. The van der Waals surface area contributed by atoms with Gasteiger partial charge >= 0.3 is 0 Å². The molecule has 2 rings (SSSR count). The highest BCUT2D eigenvalue weighted by Gasteiger charge is 2.16. The maximum atomic E-state index is 12.2. The lowest BCUT2D eigenvalue weighted by Crippen LogP contribution is -2.32. The number of nitrogens with one attached hydrogen (secondary N) is 2.